The zero-order valence-corrected chi connectivity index (χ0v) is 14.1. The van der Waals surface area contributed by atoms with Gasteiger partial charge in [0.1, 0.15) is 12.3 Å². The van der Waals surface area contributed by atoms with Crippen molar-refractivity contribution >= 4 is 11.6 Å². The summed E-state index contributed by atoms with van der Waals surface area (Å²) in [5.41, 5.74) is 2.71. The lowest BCUT2D eigenvalue weighted by Gasteiger charge is -2.06. The van der Waals surface area contributed by atoms with E-state index < -0.39 is 0 Å². The zero-order valence-electron chi connectivity index (χ0n) is 14.1. The fourth-order valence-electron chi connectivity index (χ4n) is 2.26. The summed E-state index contributed by atoms with van der Waals surface area (Å²) in [5, 5.41) is 15.0. The van der Waals surface area contributed by atoms with Crippen molar-refractivity contribution < 1.29 is 9.53 Å². The number of anilines is 1. The molecule has 25 heavy (non-hydrogen) atoms. The van der Waals surface area contributed by atoms with Gasteiger partial charge >= 0.3 is 0 Å². The SMILES string of the molecule is CCOc1ccc(NC(=O)Cn2nnc(-c3ccc(C)cc3)n2)cc1. The molecule has 0 saturated heterocycles. The molecule has 0 bridgehead atoms. The number of ether oxygens (including phenoxy) is 1. The lowest BCUT2D eigenvalue weighted by atomic mass is 10.1. The summed E-state index contributed by atoms with van der Waals surface area (Å²) in [6.45, 7) is 4.53. The number of hydrogen-bond donors (Lipinski definition) is 1. The maximum absolute atomic E-state index is 12.1. The highest BCUT2D eigenvalue weighted by molar-refractivity contribution is 5.90. The third-order valence-electron chi connectivity index (χ3n) is 3.50. The first-order valence-electron chi connectivity index (χ1n) is 8.01. The Hall–Kier alpha value is -3.22. The van der Waals surface area contributed by atoms with Crippen LogP contribution < -0.4 is 10.1 Å². The van der Waals surface area contributed by atoms with E-state index in [1.165, 1.54) is 4.80 Å². The number of aromatic nitrogens is 4. The van der Waals surface area contributed by atoms with Crippen LogP contribution in [0.15, 0.2) is 48.5 Å². The molecule has 7 nitrogen and oxygen atoms in total. The minimum Gasteiger partial charge on any atom is -0.494 e. The predicted octanol–water partition coefficient (Wildman–Crippen LogP) is 2.69. The molecule has 1 aromatic heterocycles. The summed E-state index contributed by atoms with van der Waals surface area (Å²) in [7, 11) is 0. The second kappa shape index (κ2) is 7.57. The Kier molecular flexibility index (Phi) is 5.03. The van der Waals surface area contributed by atoms with Crippen LogP contribution in [0.25, 0.3) is 11.4 Å². The van der Waals surface area contributed by atoms with E-state index in [4.69, 9.17) is 4.74 Å². The van der Waals surface area contributed by atoms with Gasteiger partial charge in [0.25, 0.3) is 0 Å². The molecule has 128 valence electrons. The average molecular weight is 337 g/mol. The van der Waals surface area contributed by atoms with Crippen molar-refractivity contribution in [2.24, 2.45) is 0 Å². The van der Waals surface area contributed by atoms with Gasteiger partial charge in [-0.1, -0.05) is 29.8 Å². The number of aryl methyl sites for hydroxylation is 1. The number of carbonyl (C=O) groups is 1. The smallest absolute Gasteiger partial charge is 0.248 e. The Morgan fingerprint density at radius 3 is 2.52 bits per heavy atom. The number of benzene rings is 2. The quantitative estimate of drug-likeness (QED) is 0.748. The van der Waals surface area contributed by atoms with E-state index in [2.05, 4.69) is 20.7 Å². The molecule has 2 aromatic carbocycles. The molecule has 0 aliphatic carbocycles. The van der Waals surface area contributed by atoms with Crippen molar-refractivity contribution in [3.05, 3.63) is 54.1 Å². The van der Waals surface area contributed by atoms with Gasteiger partial charge in [-0.25, -0.2) is 0 Å². The first-order chi connectivity index (χ1) is 12.1. The largest absolute Gasteiger partial charge is 0.494 e. The number of rotatable bonds is 6. The van der Waals surface area contributed by atoms with Gasteiger partial charge < -0.3 is 10.1 Å². The van der Waals surface area contributed by atoms with Gasteiger partial charge in [0.05, 0.1) is 6.61 Å². The molecule has 3 aromatic rings. The Morgan fingerprint density at radius 1 is 1.12 bits per heavy atom. The van der Waals surface area contributed by atoms with Crippen molar-refractivity contribution in [2.75, 3.05) is 11.9 Å². The van der Waals surface area contributed by atoms with Crippen LogP contribution in [-0.2, 0) is 11.3 Å². The highest BCUT2D eigenvalue weighted by Gasteiger charge is 2.09. The minimum atomic E-state index is -0.225. The van der Waals surface area contributed by atoms with E-state index in [1.54, 1.807) is 12.1 Å². The second-order valence-electron chi connectivity index (χ2n) is 5.52. The molecule has 0 radical (unpaired) electrons. The fourth-order valence-corrected chi connectivity index (χ4v) is 2.26. The minimum absolute atomic E-state index is 0.00786. The Balaban J connectivity index is 1.60. The van der Waals surface area contributed by atoms with Gasteiger partial charge in [-0.15, -0.1) is 10.2 Å². The summed E-state index contributed by atoms with van der Waals surface area (Å²) in [6.07, 6.45) is 0. The summed E-state index contributed by atoms with van der Waals surface area (Å²) in [6, 6.07) is 15.0. The van der Waals surface area contributed by atoms with Crippen molar-refractivity contribution in [2.45, 2.75) is 20.4 Å². The molecular weight excluding hydrogens is 318 g/mol. The molecule has 7 heteroatoms. The molecule has 0 aliphatic heterocycles. The maximum atomic E-state index is 12.1. The summed E-state index contributed by atoms with van der Waals surface area (Å²) < 4.78 is 5.37. The van der Waals surface area contributed by atoms with Crippen LogP contribution in [-0.4, -0.2) is 32.7 Å². The van der Waals surface area contributed by atoms with E-state index in [0.717, 1.165) is 16.9 Å². The van der Waals surface area contributed by atoms with Crippen molar-refractivity contribution in [3.63, 3.8) is 0 Å². The van der Waals surface area contributed by atoms with Crippen molar-refractivity contribution in [1.29, 1.82) is 0 Å². The molecule has 0 spiro atoms. The van der Waals surface area contributed by atoms with Gasteiger partial charge in [-0.05, 0) is 43.3 Å². The van der Waals surface area contributed by atoms with Gasteiger partial charge in [-0.2, -0.15) is 4.80 Å². The topological polar surface area (TPSA) is 81.9 Å². The van der Waals surface area contributed by atoms with Crippen LogP contribution in [0.3, 0.4) is 0 Å². The fraction of sp³-hybridized carbons (Fsp3) is 0.222. The number of hydrogen-bond acceptors (Lipinski definition) is 5. The predicted molar refractivity (Wildman–Crippen MR) is 94.2 cm³/mol. The molecule has 0 aliphatic rings. The molecule has 1 N–H and O–H groups in total. The van der Waals surface area contributed by atoms with E-state index in [-0.39, 0.29) is 12.5 Å². The van der Waals surface area contributed by atoms with Crippen LogP contribution in [0.4, 0.5) is 5.69 Å². The lowest BCUT2D eigenvalue weighted by molar-refractivity contribution is -0.117. The number of nitrogens with zero attached hydrogens (tertiary/aromatic N) is 4. The number of nitrogens with one attached hydrogen (secondary N) is 1. The van der Waals surface area contributed by atoms with Crippen LogP contribution in [0.2, 0.25) is 0 Å². The first-order valence-corrected chi connectivity index (χ1v) is 8.01. The van der Waals surface area contributed by atoms with Crippen LogP contribution in [0.1, 0.15) is 12.5 Å². The number of amides is 1. The lowest BCUT2D eigenvalue weighted by Crippen LogP contribution is -2.20. The highest BCUT2D eigenvalue weighted by atomic mass is 16.5. The van der Waals surface area contributed by atoms with Gasteiger partial charge in [0.2, 0.25) is 11.7 Å². The molecule has 0 saturated carbocycles. The van der Waals surface area contributed by atoms with Gasteiger partial charge in [0.15, 0.2) is 0 Å². The van der Waals surface area contributed by atoms with Crippen molar-refractivity contribution in [1.82, 2.24) is 20.2 Å². The molecular formula is C18H19N5O2. The molecule has 3 rings (SSSR count). The van der Waals surface area contributed by atoms with E-state index >= 15 is 0 Å². The Bertz CT molecular complexity index is 841. The highest BCUT2D eigenvalue weighted by Crippen LogP contribution is 2.16. The standard InChI is InChI=1S/C18H19N5O2/c1-3-25-16-10-8-15(9-11-16)19-17(24)12-23-21-18(20-22-23)14-6-4-13(2)5-7-14/h4-11H,3,12H2,1-2H3,(H,19,24). The molecule has 0 unspecified atom stereocenters. The summed E-state index contributed by atoms with van der Waals surface area (Å²) >= 11 is 0. The van der Waals surface area contributed by atoms with Gasteiger partial charge in [0, 0.05) is 11.3 Å². The normalized spacial score (nSPS) is 10.5. The third kappa shape index (κ3) is 4.41. The third-order valence-corrected chi connectivity index (χ3v) is 3.50. The second-order valence-corrected chi connectivity index (χ2v) is 5.52. The Morgan fingerprint density at radius 2 is 1.84 bits per heavy atom. The zero-order chi connectivity index (χ0) is 17.6. The van der Waals surface area contributed by atoms with Crippen LogP contribution in [0, 0.1) is 6.92 Å². The van der Waals surface area contributed by atoms with E-state index in [9.17, 15) is 4.79 Å². The number of tetrazole rings is 1. The number of carbonyl (C=O) groups excluding carboxylic acids is 1. The summed E-state index contributed by atoms with van der Waals surface area (Å²) in [4.78, 5) is 13.4. The molecule has 0 atom stereocenters. The summed E-state index contributed by atoms with van der Waals surface area (Å²) in [5.74, 6) is 1.03. The van der Waals surface area contributed by atoms with Crippen molar-refractivity contribution in [3.8, 4) is 17.1 Å². The van der Waals surface area contributed by atoms with Gasteiger partial charge in [-0.3, -0.25) is 4.79 Å². The van der Waals surface area contributed by atoms with Crippen LogP contribution in [0.5, 0.6) is 5.75 Å². The van der Waals surface area contributed by atoms with Crippen LogP contribution >= 0.6 is 0 Å². The first kappa shape index (κ1) is 16.6. The average Bonchev–Trinajstić information content (AvgIpc) is 3.06. The molecule has 0 fully saturated rings. The van der Waals surface area contributed by atoms with E-state index in [0.29, 0.717) is 18.1 Å². The maximum Gasteiger partial charge on any atom is 0.248 e. The monoisotopic (exact) mass is 337 g/mol. The molecule has 1 heterocycles. The molecule has 1 amide bonds. The van der Waals surface area contributed by atoms with E-state index in [1.807, 2.05) is 50.2 Å². The Labute approximate surface area is 145 Å².